The first kappa shape index (κ1) is 21.1. The van der Waals surface area contributed by atoms with Gasteiger partial charge >= 0.3 is 0 Å². The van der Waals surface area contributed by atoms with Crippen LogP contribution in [0.5, 0.6) is 11.5 Å². The van der Waals surface area contributed by atoms with E-state index in [1.54, 1.807) is 24.2 Å². The van der Waals surface area contributed by atoms with Crippen LogP contribution in [-0.4, -0.2) is 29.6 Å². The molecule has 2 aromatic carbocycles. The van der Waals surface area contributed by atoms with E-state index in [2.05, 4.69) is 12.2 Å². The molecule has 29 heavy (non-hydrogen) atoms. The van der Waals surface area contributed by atoms with E-state index in [0.717, 1.165) is 24.0 Å². The molecule has 0 aromatic heterocycles. The number of nitrogens with one attached hydrogen (secondary N) is 1. The van der Waals surface area contributed by atoms with Crippen LogP contribution in [0.15, 0.2) is 48.2 Å². The predicted molar refractivity (Wildman–Crippen MR) is 119 cm³/mol. The van der Waals surface area contributed by atoms with E-state index >= 15 is 0 Å². The fourth-order valence-corrected chi connectivity index (χ4v) is 3.45. The van der Waals surface area contributed by atoms with Gasteiger partial charge in [-0.25, -0.2) is 0 Å². The van der Waals surface area contributed by atoms with Crippen LogP contribution in [0.4, 0.5) is 0 Å². The highest BCUT2D eigenvalue weighted by Crippen LogP contribution is 2.27. The quantitative estimate of drug-likeness (QED) is 0.482. The summed E-state index contributed by atoms with van der Waals surface area (Å²) in [4.78, 5) is 14.2. The molecule has 0 radical (unpaired) electrons. The van der Waals surface area contributed by atoms with Gasteiger partial charge in [0.25, 0.3) is 5.91 Å². The Balaban J connectivity index is 1.79. The normalized spacial score (nSPS) is 15.0. The van der Waals surface area contributed by atoms with E-state index in [-0.39, 0.29) is 12.5 Å². The van der Waals surface area contributed by atoms with Crippen molar-refractivity contribution in [1.82, 2.24) is 10.2 Å². The molecule has 5 nitrogen and oxygen atoms in total. The molecule has 1 N–H and O–H groups in total. The largest absolute Gasteiger partial charge is 0.496 e. The third kappa shape index (κ3) is 5.08. The first-order chi connectivity index (χ1) is 14.0. The number of halogens is 1. The van der Waals surface area contributed by atoms with Gasteiger partial charge in [0.05, 0.1) is 12.1 Å². The lowest BCUT2D eigenvalue weighted by molar-refractivity contribution is -0.122. The van der Waals surface area contributed by atoms with E-state index < -0.39 is 0 Å². The summed E-state index contributed by atoms with van der Waals surface area (Å²) in [5.74, 6) is 1.20. The highest BCUT2D eigenvalue weighted by atomic mass is 35.5. The Hall–Kier alpha value is -2.57. The molecule has 1 saturated heterocycles. The zero-order valence-electron chi connectivity index (χ0n) is 16.4. The Morgan fingerprint density at radius 2 is 2.00 bits per heavy atom. The molecule has 152 valence electrons. The number of hydrogen-bond donors (Lipinski definition) is 1. The molecule has 1 heterocycles. The lowest BCUT2D eigenvalue weighted by atomic mass is 10.1. The van der Waals surface area contributed by atoms with Gasteiger partial charge in [0, 0.05) is 12.1 Å². The molecule has 0 atom stereocenters. The van der Waals surface area contributed by atoms with Gasteiger partial charge in [-0.2, -0.15) is 0 Å². The molecular weight excluding hydrogens is 408 g/mol. The van der Waals surface area contributed by atoms with Crippen LogP contribution in [-0.2, 0) is 11.4 Å². The summed E-state index contributed by atoms with van der Waals surface area (Å²) in [6, 6.07) is 13.0. The second-order valence-corrected chi connectivity index (χ2v) is 7.38. The van der Waals surface area contributed by atoms with E-state index in [9.17, 15) is 4.79 Å². The third-order valence-electron chi connectivity index (χ3n) is 4.53. The third-order valence-corrected chi connectivity index (χ3v) is 5.17. The molecule has 1 fully saturated rings. The summed E-state index contributed by atoms with van der Waals surface area (Å²) in [6.07, 6.45) is 3.70. The van der Waals surface area contributed by atoms with Crippen molar-refractivity contribution in [1.29, 1.82) is 0 Å². The van der Waals surface area contributed by atoms with Crippen molar-refractivity contribution in [3.8, 4) is 11.5 Å². The van der Waals surface area contributed by atoms with E-state index in [1.165, 1.54) is 0 Å². The number of methoxy groups -OCH3 is 1. The number of carbonyl (C=O) groups is 1. The van der Waals surface area contributed by atoms with E-state index in [0.29, 0.717) is 33.9 Å². The zero-order chi connectivity index (χ0) is 20.8. The van der Waals surface area contributed by atoms with Crippen molar-refractivity contribution in [3.63, 3.8) is 0 Å². The average molecular weight is 431 g/mol. The fraction of sp³-hybridized carbons (Fsp3) is 0.273. The van der Waals surface area contributed by atoms with Gasteiger partial charge in [-0.1, -0.05) is 43.1 Å². The average Bonchev–Trinajstić information content (AvgIpc) is 2.98. The summed E-state index contributed by atoms with van der Waals surface area (Å²) in [7, 11) is 1.61. The number of carbonyl (C=O) groups excluding carboxylic acids is 1. The van der Waals surface area contributed by atoms with Crippen molar-refractivity contribution in [2.24, 2.45) is 0 Å². The minimum Gasteiger partial charge on any atom is -0.496 e. The van der Waals surface area contributed by atoms with E-state index in [1.807, 2.05) is 36.4 Å². The maximum atomic E-state index is 12.6. The summed E-state index contributed by atoms with van der Waals surface area (Å²) in [5, 5.41) is 4.01. The van der Waals surface area contributed by atoms with Crippen LogP contribution in [0, 0.1) is 0 Å². The number of hydrogen-bond acceptors (Lipinski definition) is 4. The number of thiocarbonyl (C=S) groups is 1. The van der Waals surface area contributed by atoms with Crippen LogP contribution in [0.1, 0.15) is 30.9 Å². The molecule has 7 heteroatoms. The van der Waals surface area contributed by atoms with Crippen LogP contribution in [0.2, 0.25) is 5.02 Å². The van der Waals surface area contributed by atoms with Crippen molar-refractivity contribution in [2.45, 2.75) is 26.4 Å². The Kier molecular flexibility index (Phi) is 7.12. The van der Waals surface area contributed by atoms with E-state index in [4.69, 9.17) is 33.3 Å². The lowest BCUT2D eigenvalue weighted by Crippen LogP contribution is -2.31. The monoisotopic (exact) mass is 430 g/mol. The maximum absolute atomic E-state index is 12.6. The summed E-state index contributed by atoms with van der Waals surface area (Å²) in [6.45, 7) is 2.99. The summed E-state index contributed by atoms with van der Waals surface area (Å²) >= 11 is 11.5. The zero-order valence-corrected chi connectivity index (χ0v) is 18.0. The van der Waals surface area contributed by atoms with Crippen molar-refractivity contribution < 1.29 is 14.3 Å². The highest BCUT2D eigenvalue weighted by Gasteiger charge is 2.29. The number of nitrogens with zero attached hydrogens (tertiary/aromatic N) is 1. The smallest absolute Gasteiger partial charge is 0.276 e. The molecule has 3 rings (SSSR count). The van der Waals surface area contributed by atoms with Crippen LogP contribution < -0.4 is 14.8 Å². The molecule has 1 aliphatic heterocycles. The number of ether oxygens (including phenoxy) is 2. The van der Waals surface area contributed by atoms with Gasteiger partial charge in [0.1, 0.15) is 23.8 Å². The molecule has 0 unspecified atom stereocenters. The number of unbranched alkanes of at least 4 members (excludes halogenated alkanes) is 1. The maximum Gasteiger partial charge on any atom is 0.276 e. The lowest BCUT2D eigenvalue weighted by Gasteiger charge is -2.13. The van der Waals surface area contributed by atoms with Crippen LogP contribution in [0.25, 0.3) is 6.08 Å². The Morgan fingerprint density at radius 3 is 2.72 bits per heavy atom. The topological polar surface area (TPSA) is 50.8 Å². The van der Waals surface area contributed by atoms with Gasteiger partial charge in [0.15, 0.2) is 5.11 Å². The number of rotatable bonds is 8. The first-order valence-corrected chi connectivity index (χ1v) is 10.2. The van der Waals surface area contributed by atoms with Gasteiger partial charge < -0.3 is 14.8 Å². The standard InChI is InChI=1S/C22H23ClN2O3S/c1-3-4-11-25-21(26)18(24-22(25)29)13-15-9-10-19(27-2)16(12-15)14-28-20-8-6-5-7-17(20)23/h5-10,12-13H,3-4,11,14H2,1-2H3,(H,24,29)/b18-13+. The van der Waals surface area contributed by atoms with Gasteiger partial charge in [-0.05, 0) is 54.5 Å². The van der Waals surface area contributed by atoms with Gasteiger partial charge in [-0.15, -0.1) is 0 Å². The molecule has 0 bridgehead atoms. The Morgan fingerprint density at radius 1 is 1.21 bits per heavy atom. The van der Waals surface area contributed by atoms with Gasteiger partial charge in [-0.3, -0.25) is 9.69 Å². The molecule has 2 aromatic rings. The molecule has 1 amide bonds. The molecule has 0 aliphatic carbocycles. The van der Waals surface area contributed by atoms with Crippen LogP contribution in [0.3, 0.4) is 0 Å². The highest BCUT2D eigenvalue weighted by molar-refractivity contribution is 7.80. The second kappa shape index (κ2) is 9.76. The molecular formula is C22H23ClN2O3S. The number of para-hydroxylation sites is 1. The van der Waals surface area contributed by atoms with Gasteiger partial charge in [0.2, 0.25) is 0 Å². The van der Waals surface area contributed by atoms with Crippen LogP contribution >= 0.6 is 23.8 Å². The van der Waals surface area contributed by atoms with Crippen molar-refractivity contribution in [2.75, 3.05) is 13.7 Å². The molecule has 1 aliphatic rings. The minimum atomic E-state index is -0.104. The van der Waals surface area contributed by atoms with Crippen molar-refractivity contribution >= 4 is 40.9 Å². The summed E-state index contributed by atoms with van der Waals surface area (Å²) in [5.41, 5.74) is 2.16. The minimum absolute atomic E-state index is 0.104. The summed E-state index contributed by atoms with van der Waals surface area (Å²) < 4.78 is 11.3. The second-order valence-electron chi connectivity index (χ2n) is 6.59. The number of amides is 1. The fourth-order valence-electron chi connectivity index (χ4n) is 2.98. The molecule has 0 spiro atoms. The Bertz CT molecular complexity index is 945. The molecule has 0 saturated carbocycles. The first-order valence-electron chi connectivity index (χ1n) is 9.42. The van der Waals surface area contributed by atoms with Crippen molar-refractivity contribution in [3.05, 3.63) is 64.3 Å². The number of benzene rings is 2. The Labute approximate surface area is 181 Å². The predicted octanol–water partition coefficient (Wildman–Crippen LogP) is 4.79. The SMILES string of the molecule is CCCCN1C(=O)/C(=C\c2ccc(OC)c(COc3ccccc3Cl)c2)NC1=S.